The summed E-state index contributed by atoms with van der Waals surface area (Å²) in [4.78, 5) is 25.6. The molecule has 0 fully saturated rings. The molecule has 0 aliphatic heterocycles. The Kier molecular flexibility index (Phi) is 69.0. The fraction of sp³-hybridized carbons (Fsp3) is 0. The second-order valence-electron chi connectivity index (χ2n) is 0.447. The van der Waals surface area contributed by atoms with Crippen molar-refractivity contribution in [2.24, 2.45) is 0 Å². The summed E-state index contributed by atoms with van der Waals surface area (Å²) >= 11 is 0. The fourth-order valence-corrected chi connectivity index (χ4v) is 0. The van der Waals surface area contributed by atoms with Gasteiger partial charge in [-0.2, -0.15) is 7.82 Å². The van der Waals surface area contributed by atoms with Gasteiger partial charge in [0.25, 0.3) is 0 Å². The summed E-state index contributed by atoms with van der Waals surface area (Å²) in [6.07, 6.45) is 0. The summed E-state index contributed by atoms with van der Waals surface area (Å²) in [6.45, 7) is 0. The van der Waals surface area contributed by atoms with E-state index in [1.165, 1.54) is 0 Å². The van der Waals surface area contributed by atoms with Gasteiger partial charge in [-0.25, -0.2) is 0 Å². The first-order valence-corrected chi connectivity index (χ1v) is 2.19. The van der Waals surface area contributed by atoms with Crippen LogP contribution < -0.4 is 38.7 Å². The number of phosphoric acid groups is 1. The van der Waals surface area contributed by atoms with Gasteiger partial charge in [-0.15, -0.1) is 0 Å². The van der Waals surface area contributed by atoms with Crippen LogP contribution in [0.4, 0.5) is 0 Å². The van der Waals surface area contributed by atoms with Gasteiger partial charge < -0.3 is 43.2 Å². The molecule has 0 aliphatic rings. The van der Waals surface area contributed by atoms with Crippen molar-refractivity contribution in [3.8, 4) is 0 Å². The summed E-state index contributed by atoms with van der Waals surface area (Å²) in [7, 11) is -5.39. The Morgan fingerprint density at radius 3 is 0.800 bits per heavy atom. The molecule has 0 aromatic rings. The molecule has 0 bridgehead atoms. The van der Waals surface area contributed by atoms with Crippen molar-refractivity contribution in [3.05, 3.63) is 0 Å². The largest absolute Gasteiger partial charge is 1.00 e. The molecular formula is Ag4IO4P. The quantitative estimate of drug-likeness (QED) is 0.148. The third-order valence-electron chi connectivity index (χ3n) is 0. The van der Waals surface area contributed by atoms with Crippen molar-refractivity contribution >= 4 is 7.82 Å². The molecule has 0 unspecified atom stereocenters. The Morgan fingerprint density at radius 1 is 0.800 bits per heavy atom. The average molecular weight is 653 g/mol. The number of rotatable bonds is 0. The summed E-state index contributed by atoms with van der Waals surface area (Å²) < 4.78 is 8.55. The molecule has 10 heteroatoms. The number of hydrogen-bond acceptors (Lipinski definition) is 4. The van der Waals surface area contributed by atoms with E-state index in [2.05, 4.69) is 0 Å². The fourth-order valence-electron chi connectivity index (χ4n) is 0. The van der Waals surface area contributed by atoms with Gasteiger partial charge in [-0.3, -0.25) is 0 Å². The Labute approximate surface area is 138 Å². The van der Waals surface area contributed by atoms with Crippen LogP contribution in [0.5, 0.6) is 0 Å². The van der Waals surface area contributed by atoms with Gasteiger partial charge in [0.1, 0.15) is 0 Å². The minimum atomic E-state index is -5.39. The first-order valence-electron chi connectivity index (χ1n) is 0.730. The molecular weight excluding hydrogens is 653 g/mol. The van der Waals surface area contributed by atoms with E-state index in [0.29, 0.717) is 0 Å². The van der Waals surface area contributed by atoms with Crippen LogP contribution >= 0.6 is 7.82 Å². The predicted octanol–water partition coefficient (Wildman–Crippen LogP) is -5.83. The standard InChI is InChI=1S/4Ag.HI.H3O4P/c;;;;;1-5(2,3)4/h;;;;1H;(H3,1,2,3,4)/q4*+1;;/p-4. The van der Waals surface area contributed by atoms with Crippen molar-refractivity contribution in [2.45, 2.75) is 0 Å². The molecule has 0 saturated carbocycles. The normalized spacial score (nSPS) is 5.90. The van der Waals surface area contributed by atoms with E-state index < -0.39 is 7.82 Å². The van der Waals surface area contributed by atoms with E-state index in [1.54, 1.807) is 0 Å². The monoisotopic (exact) mass is 649 g/mol. The zero-order valence-corrected chi connectivity index (χ0v) is 12.6. The zero-order chi connectivity index (χ0) is 4.50. The van der Waals surface area contributed by atoms with Crippen LogP contribution in [0.15, 0.2) is 0 Å². The molecule has 10 heavy (non-hydrogen) atoms. The van der Waals surface area contributed by atoms with E-state index in [0.717, 1.165) is 0 Å². The summed E-state index contributed by atoms with van der Waals surface area (Å²) in [5, 5.41) is 0. The summed E-state index contributed by atoms with van der Waals surface area (Å²) in [5.41, 5.74) is 0. The molecule has 0 rings (SSSR count). The van der Waals surface area contributed by atoms with Crippen LogP contribution in [0, 0.1) is 0 Å². The first-order chi connectivity index (χ1) is 2.00. The molecule has 0 aromatic carbocycles. The molecule has 0 heterocycles. The molecule has 0 aliphatic carbocycles. The van der Waals surface area contributed by atoms with Crippen LogP contribution in [-0.4, -0.2) is 0 Å². The second-order valence-corrected chi connectivity index (χ2v) is 1.34. The van der Waals surface area contributed by atoms with Gasteiger partial charge in [-0.05, 0) is 0 Å². The van der Waals surface area contributed by atoms with Gasteiger partial charge in [-0.1, -0.05) is 0 Å². The zero-order valence-electron chi connectivity index (χ0n) is 3.66. The number of hydrogen-bond donors (Lipinski definition) is 0. The molecule has 0 saturated heterocycles. The van der Waals surface area contributed by atoms with E-state index in [-0.39, 0.29) is 113 Å². The Morgan fingerprint density at radius 2 is 0.800 bits per heavy atom. The molecule has 80 valence electrons. The van der Waals surface area contributed by atoms with Crippen LogP contribution in [-0.2, 0) is 94.1 Å². The maximum atomic E-state index is 8.55. The van der Waals surface area contributed by atoms with Gasteiger partial charge in [0.2, 0.25) is 0 Å². The smallest absolute Gasteiger partial charge is 1.00 e. The molecule has 0 spiro atoms. The average Bonchev–Trinajstić information content (AvgIpc) is 0.722. The van der Waals surface area contributed by atoms with Crippen molar-refractivity contribution in [1.29, 1.82) is 0 Å². The van der Waals surface area contributed by atoms with Crippen LogP contribution in [0.25, 0.3) is 0 Å². The number of halogens is 1. The van der Waals surface area contributed by atoms with Gasteiger partial charge >= 0.3 is 89.5 Å². The topological polar surface area (TPSA) is 86.2 Å². The molecule has 0 radical (unpaired) electrons. The third kappa shape index (κ3) is 95.3. The summed E-state index contributed by atoms with van der Waals surface area (Å²) in [5.74, 6) is 0. The maximum Gasteiger partial charge on any atom is 1.00 e. The minimum Gasteiger partial charge on any atom is -1.00 e. The predicted molar refractivity (Wildman–Crippen MR) is 7.61 cm³/mol. The second kappa shape index (κ2) is 18.6. The van der Waals surface area contributed by atoms with Crippen LogP contribution in [0.3, 0.4) is 0 Å². The molecule has 4 nitrogen and oxygen atoms in total. The van der Waals surface area contributed by atoms with Gasteiger partial charge in [0.15, 0.2) is 0 Å². The van der Waals surface area contributed by atoms with E-state index in [9.17, 15) is 0 Å². The van der Waals surface area contributed by atoms with E-state index >= 15 is 0 Å². The molecule has 0 N–H and O–H groups in total. The van der Waals surface area contributed by atoms with E-state index in [1.807, 2.05) is 0 Å². The van der Waals surface area contributed by atoms with E-state index in [4.69, 9.17) is 19.2 Å². The van der Waals surface area contributed by atoms with Crippen molar-refractivity contribution in [3.63, 3.8) is 0 Å². The van der Waals surface area contributed by atoms with Gasteiger partial charge in [0, 0.05) is 0 Å². The van der Waals surface area contributed by atoms with Crippen LogP contribution in [0.1, 0.15) is 0 Å². The van der Waals surface area contributed by atoms with Crippen LogP contribution in [0.2, 0.25) is 0 Å². The third-order valence-corrected chi connectivity index (χ3v) is 0. The van der Waals surface area contributed by atoms with Crippen molar-refractivity contribution < 1.29 is 133 Å². The van der Waals surface area contributed by atoms with Gasteiger partial charge in [0.05, 0.1) is 0 Å². The Hall–Kier alpha value is 3.80. The SMILES string of the molecule is O=P([O-])([O-])[O-].[Ag+].[Ag+].[Ag+].[Ag+].[I-]. The Bertz CT molecular complexity index is 63.4. The van der Waals surface area contributed by atoms with Crippen molar-refractivity contribution in [2.75, 3.05) is 0 Å². The summed E-state index contributed by atoms with van der Waals surface area (Å²) in [6, 6.07) is 0. The molecule has 0 amide bonds. The Balaban J connectivity index is -0.00000000800. The maximum absolute atomic E-state index is 8.55. The van der Waals surface area contributed by atoms with Crippen molar-refractivity contribution in [1.82, 2.24) is 0 Å². The molecule has 0 aromatic heterocycles. The molecule has 0 atom stereocenters. The first kappa shape index (κ1) is 37.2. The minimum absolute atomic E-state index is 0.